The van der Waals surface area contributed by atoms with Crippen LogP contribution in [0.5, 0.6) is 0 Å². The fourth-order valence-electron chi connectivity index (χ4n) is 1.71. The number of aromatic nitrogens is 2. The van der Waals surface area contributed by atoms with E-state index in [1.54, 1.807) is 19.3 Å². The second-order valence-corrected chi connectivity index (χ2v) is 4.33. The minimum absolute atomic E-state index is 0.132. The predicted octanol–water partition coefficient (Wildman–Crippen LogP) is 2.61. The number of aryl methyl sites for hydroxylation is 1. The summed E-state index contributed by atoms with van der Waals surface area (Å²) in [5.74, 6) is 0.0487. The maximum absolute atomic E-state index is 13.9. The largest absolute Gasteiger partial charge is 0.383 e. The zero-order valence-corrected chi connectivity index (χ0v) is 10.8. The maximum atomic E-state index is 13.9. The molecule has 1 aromatic heterocycles. The number of nitrogens with two attached hydrogens (primary N) is 1. The molecule has 1 heterocycles. The van der Waals surface area contributed by atoms with Crippen molar-refractivity contribution in [2.75, 3.05) is 12.8 Å². The lowest BCUT2D eigenvalue weighted by Gasteiger charge is -2.08. The van der Waals surface area contributed by atoms with Crippen molar-refractivity contribution in [2.24, 2.45) is 7.05 Å². The molecule has 0 aliphatic carbocycles. The van der Waals surface area contributed by atoms with Crippen LogP contribution in [-0.4, -0.2) is 16.9 Å². The highest BCUT2D eigenvalue weighted by molar-refractivity contribution is 6.31. The van der Waals surface area contributed by atoms with Crippen molar-refractivity contribution in [3.8, 4) is 11.1 Å². The molecule has 0 bridgehead atoms. The molecule has 18 heavy (non-hydrogen) atoms. The zero-order chi connectivity index (χ0) is 13.3. The van der Waals surface area contributed by atoms with Gasteiger partial charge in [0.05, 0.1) is 12.8 Å². The van der Waals surface area contributed by atoms with Crippen LogP contribution in [-0.2, 0) is 18.4 Å². The number of ether oxygens (including phenoxy) is 1. The van der Waals surface area contributed by atoms with Gasteiger partial charge in [-0.1, -0.05) is 11.6 Å². The Morgan fingerprint density at radius 3 is 2.72 bits per heavy atom. The second-order valence-electron chi connectivity index (χ2n) is 3.92. The Morgan fingerprint density at radius 1 is 1.50 bits per heavy atom. The van der Waals surface area contributed by atoms with Gasteiger partial charge in [0.25, 0.3) is 0 Å². The zero-order valence-electron chi connectivity index (χ0n) is 10.1. The Hall–Kier alpha value is -1.59. The minimum Gasteiger partial charge on any atom is -0.383 e. The van der Waals surface area contributed by atoms with Crippen molar-refractivity contribution >= 4 is 17.4 Å². The molecule has 96 valence electrons. The van der Waals surface area contributed by atoms with Crippen LogP contribution >= 0.6 is 11.6 Å². The smallest absolute Gasteiger partial charge is 0.130 e. The quantitative estimate of drug-likeness (QED) is 0.932. The molecular weight excluding hydrogens is 257 g/mol. The van der Waals surface area contributed by atoms with E-state index in [1.807, 2.05) is 0 Å². The van der Waals surface area contributed by atoms with Gasteiger partial charge in [-0.05, 0) is 17.7 Å². The average molecular weight is 270 g/mol. The van der Waals surface area contributed by atoms with Gasteiger partial charge in [-0.15, -0.1) is 0 Å². The Morgan fingerprint density at radius 2 is 2.22 bits per heavy atom. The number of halogens is 2. The third-order valence-electron chi connectivity index (χ3n) is 2.73. The minimum atomic E-state index is -0.414. The third-order valence-corrected chi connectivity index (χ3v) is 3.06. The summed E-state index contributed by atoms with van der Waals surface area (Å²) in [6.45, 7) is 0.132. The van der Waals surface area contributed by atoms with Gasteiger partial charge >= 0.3 is 0 Å². The summed E-state index contributed by atoms with van der Waals surface area (Å²) < 4.78 is 20.3. The number of hydrogen-bond donors (Lipinski definition) is 1. The first-order valence-corrected chi connectivity index (χ1v) is 5.67. The Kier molecular flexibility index (Phi) is 3.54. The molecule has 4 nitrogen and oxygen atoms in total. The van der Waals surface area contributed by atoms with E-state index in [0.29, 0.717) is 27.5 Å². The van der Waals surface area contributed by atoms with Crippen LogP contribution in [0.4, 0.5) is 10.2 Å². The molecule has 0 fully saturated rings. The molecule has 2 rings (SSSR count). The molecule has 1 aromatic carbocycles. The highest BCUT2D eigenvalue weighted by Crippen LogP contribution is 2.31. The monoisotopic (exact) mass is 269 g/mol. The number of hydrogen-bond acceptors (Lipinski definition) is 3. The first-order valence-electron chi connectivity index (χ1n) is 5.29. The molecule has 0 saturated heterocycles. The molecule has 0 saturated carbocycles. The topological polar surface area (TPSA) is 53.1 Å². The number of rotatable bonds is 3. The van der Waals surface area contributed by atoms with Gasteiger partial charge < -0.3 is 10.5 Å². The van der Waals surface area contributed by atoms with Gasteiger partial charge in [-0.3, -0.25) is 4.68 Å². The van der Waals surface area contributed by atoms with Crippen LogP contribution in [0.1, 0.15) is 5.56 Å². The van der Waals surface area contributed by atoms with E-state index in [2.05, 4.69) is 5.10 Å². The van der Waals surface area contributed by atoms with Crippen molar-refractivity contribution in [1.82, 2.24) is 9.78 Å². The molecule has 6 heteroatoms. The van der Waals surface area contributed by atoms with E-state index in [9.17, 15) is 4.39 Å². The van der Waals surface area contributed by atoms with Crippen LogP contribution in [0.15, 0.2) is 18.3 Å². The van der Waals surface area contributed by atoms with Crippen LogP contribution < -0.4 is 5.73 Å². The number of methoxy groups -OCH3 is 1. The molecule has 0 unspecified atom stereocenters. The van der Waals surface area contributed by atoms with Gasteiger partial charge in [0, 0.05) is 30.3 Å². The van der Waals surface area contributed by atoms with Crippen molar-refractivity contribution in [2.45, 2.75) is 6.61 Å². The normalized spacial score (nSPS) is 10.9. The Labute approximate surface area is 109 Å². The summed E-state index contributed by atoms with van der Waals surface area (Å²) in [7, 11) is 3.21. The highest BCUT2D eigenvalue weighted by atomic mass is 35.5. The first kappa shape index (κ1) is 12.9. The predicted molar refractivity (Wildman–Crippen MR) is 68.7 cm³/mol. The fourth-order valence-corrected chi connectivity index (χ4v) is 1.97. The molecule has 2 N–H and O–H groups in total. The number of benzene rings is 1. The lowest BCUT2D eigenvalue weighted by Crippen LogP contribution is -1.99. The summed E-state index contributed by atoms with van der Waals surface area (Å²) >= 11 is 6.03. The van der Waals surface area contributed by atoms with E-state index in [0.717, 1.165) is 0 Å². The lowest BCUT2D eigenvalue weighted by molar-refractivity contribution is 0.181. The molecule has 0 aliphatic heterocycles. The van der Waals surface area contributed by atoms with E-state index < -0.39 is 5.82 Å². The summed E-state index contributed by atoms with van der Waals surface area (Å²) in [5.41, 5.74) is 7.43. The first-order chi connectivity index (χ1) is 8.54. The van der Waals surface area contributed by atoms with Crippen molar-refractivity contribution < 1.29 is 9.13 Å². The van der Waals surface area contributed by atoms with E-state index in [4.69, 9.17) is 22.1 Å². The lowest BCUT2D eigenvalue weighted by atomic mass is 10.1. The number of anilines is 1. The molecule has 2 aromatic rings. The van der Waals surface area contributed by atoms with Gasteiger partial charge in [0.1, 0.15) is 11.6 Å². The maximum Gasteiger partial charge on any atom is 0.130 e. The molecule has 0 amide bonds. The summed E-state index contributed by atoms with van der Waals surface area (Å²) in [5, 5.41) is 4.33. The van der Waals surface area contributed by atoms with E-state index in [1.165, 1.54) is 17.9 Å². The van der Waals surface area contributed by atoms with Crippen LogP contribution in [0, 0.1) is 5.82 Å². The van der Waals surface area contributed by atoms with E-state index >= 15 is 0 Å². The third kappa shape index (κ3) is 2.19. The van der Waals surface area contributed by atoms with Gasteiger partial charge in [-0.2, -0.15) is 5.10 Å². The molecule has 0 aliphatic rings. The van der Waals surface area contributed by atoms with Crippen molar-refractivity contribution in [3.05, 3.63) is 34.7 Å². The standard InChI is InChI=1S/C12H13ClFN3O/c1-17-12(15)8(5-16-17)7-3-10(13)9(6-18-2)11(14)4-7/h3-5H,6,15H2,1-2H3. The van der Waals surface area contributed by atoms with E-state index in [-0.39, 0.29) is 6.61 Å². The summed E-state index contributed by atoms with van der Waals surface area (Å²) in [6.07, 6.45) is 1.58. The van der Waals surface area contributed by atoms with Crippen LogP contribution in [0.3, 0.4) is 0 Å². The van der Waals surface area contributed by atoms with Crippen molar-refractivity contribution in [1.29, 1.82) is 0 Å². The number of nitrogens with zero attached hydrogens (tertiary/aromatic N) is 2. The van der Waals surface area contributed by atoms with Gasteiger partial charge in [0.2, 0.25) is 0 Å². The summed E-state index contributed by atoms with van der Waals surface area (Å²) in [4.78, 5) is 0. The fraction of sp³-hybridized carbons (Fsp3) is 0.250. The Bertz CT molecular complexity index is 560. The number of nitrogen functional groups attached to an aromatic ring is 1. The Balaban J connectivity index is 2.51. The highest BCUT2D eigenvalue weighted by Gasteiger charge is 2.14. The molecule has 0 atom stereocenters. The van der Waals surface area contributed by atoms with Crippen LogP contribution in [0.2, 0.25) is 5.02 Å². The molecular formula is C12H13ClFN3O. The molecule has 0 radical (unpaired) electrons. The summed E-state index contributed by atoms with van der Waals surface area (Å²) in [6, 6.07) is 3.04. The second kappa shape index (κ2) is 4.96. The van der Waals surface area contributed by atoms with Gasteiger partial charge in [0.15, 0.2) is 0 Å². The van der Waals surface area contributed by atoms with Crippen molar-refractivity contribution in [3.63, 3.8) is 0 Å². The van der Waals surface area contributed by atoms with Gasteiger partial charge in [-0.25, -0.2) is 4.39 Å². The molecule has 0 spiro atoms. The average Bonchev–Trinajstić information content (AvgIpc) is 2.65. The van der Waals surface area contributed by atoms with Crippen LogP contribution in [0.25, 0.3) is 11.1 Å². The SMILES string of the molecule is COCc1c(F)cc(-c2cnn(C)c2N)cc1Cl.